The number of sulfonamides is 1. The van der Waals surface area contributed by atoms with E-state index >= 15 is 0 Å². The van der Waals surface area contributed by atoms with Crippen molar-refractivity contribution in [1.29, 1.82) is 0 Å². The van der Waals surface area contributed by atoms with E-state index in [-0.39, 0.29) is 16.8 Å². The van der Waals surface area contributed by atoms with E-state index in [0.717, 1.165) is 18.4 Å². The van der Waals surface area contributed by atoms with Crippen LogP contribution in [0.2, 0.25) is 0 Å². The number of rotatable bonds is 7. The van der Waals surface area contributed by atoms with Crippen molar-refractivity contribution in [3.63, 3.8) is 0 Å². The molecule has 2 aromatic carbocycles. The monoisotopic (exact) mass is 425 g/mol. The molecule has 1 aliphatic heterocycles. The maximum absolute atomic E-state index is 12.9. The van der Waals surface area contributed by atoms with Crippen molar-refractivity contribution in [2.45, 2.75) is 30.3 Å². The van der Waals surface area contributed by atoms with Crippen LogP contribution in [-0.4, -0.2) is 46.7 Å². The number of hydrogen-bond donors (Lipinski definition) is 1. The number of nitrogens with one attached hydrogen (secondary N) is 1. The molecule has 9 heteroatoms. The molecule has 30 heavy (non-hydrogen) atoms. The molecule has 1 unspecified atom stereocenters. The van der Waals surface area contributed by atoms with E-state index in [4.69, 9.17) is 0 Å². The van der Waals surface area contributed by atoms with Gasteiger partial charge in [0.25, 0.3) is 5.91 Å². The Balaban J connectivity index is 1.51. The van der Waals surface area contributed by atoms with E-state index in [1.165, 1.54) is 21.2 Å². The molecular formula is C21H23N5O3S. The van der Waals surface area contributed by atoms with E-state index in [0.29, 0.717) is 25.2 Å². The molecule has 3 aromatic rings. The highest BCUT2D eigenvalue weighted by atomic mass is 32.2. The second-order valence-electron chi connectivity index (χ2n) is 7.16. The summed E-state index contributed by atoms with van der Waals surface area (Å²) in [4.78, 5) is 14.6. The maximum atomic E-state index is 12.9. The molecule has 1 saturated heterocycles. The summed E-state index contributed by atoms with van der Waals surface area (Å²) in [5, 5.41) is 11.2. The van der Waals surface area contributed by atoms with Crippen LogP contribution in [0.5, 0.6) is 0 Å². The second kappa shape index (κ2) is 8.76. The summed E-state index contributed by atoms with van der Waals surface area (Å²) < 4.78 is 26.8. The maximum Gasteiger partial charge on any atom is 0.251 e. The lowest BCUT2D eigenvalue weighted by molar-refractivity contribution is 0.0930. The van der Waals surface area contributed by atoms with Crippen LogP contribution in [0.1, 0.15) is 34.8 Å². The Morgan fingerprint density at radius 1 is 0.967 bits per heavy atom. The Morgan fingerprint density at radius 3 is 2.23 bits per heavy atom. The predicted octanol–water partition coefficient (Wildman–Crippen LogP) is 2.23. The Morgan fingerprint density at radius 2 is 1.60 bits per heavy atom. The van der Waals surface area contributed by atoms with Crippen LogP contribution in [0, 0.1) is 0 Å². The van der Waals surface area contributed by atoms with E-state index in [9.17, 15) is 13.2 Å². The topological polar surface area (TPSA) is 97.2 Å². The second-order valence-corrected chi connectivity index (χ2v) is 9.09. The first-order chi connectivity index (χ1) is 14.5. The van der Waals surface area contributed by atoms with Gasteiger partial charge < -0.3 is 5.32 Å². The van der Waals surface area contributed by atoms with Gasteiger partial charge in [-0.15, -0.1) is 0 Å². The molecule has 0 aliphatic carbocycles. The molecule has 4 rings (SSSR count). The van der Waals surface area contributed by atoms with Crippen LogP contribution in [0.25, 0.3) is 0 Å². The fourth-order valence-corrected chi connectivity index (χ4v) is 5.04. The van der Waals surface area contributed by atoms with Gasteiger partial charge in [0.1, 0.15) is 0 Å². The highest BCUT2D eigenvalue weighted by molar-refractivity contribution is 7.89. The molecule has 1 aliphatic rings. The zero-order valence-electron chi connectivity index (χ0n) is 16.4. The minimum Gasteiger partial charge on any atom is -0.343 e. The minimum atomic E-state index is -3.50. The Labute approximate surface area is 175 Å². The van der Waals surface area contributed by atoms with Gasteiger partial charge in [0, 0.05) is 18.7 Å². The highest BCUT2D eigenvalue weighted by Gasteiger charge is 2.27. The third-order valence-corrected chi connectivity index (χ3v) is 7.05. The summed E-state index contributed by atoms with van der Waals surface area (Å²) in [6.45, 7) is 1.47. The summed E-state index contributed by atoms with van der Waals surface area (Å²) in [7, 11) is -3.50. The average Bonchev–Trinajstić information content (AvgIpc) is 3.49. The molecule has 156 valence electrons. The molecule has 0 radical (unpaired) electrons. The van der Waals surface area contributed by atoms with Crippen LogP contribution >= 0.6 is 0 Å². The third kappa shape index (κ3) is 4.42. The van der Waals surface area contributed by atoms with Gasteiger partial charge >= 0.3 is 0 Å². The number of nitrogens with zero attached hydrogens (tertiary/aromatic N) is 4. The van der Waals surface area contributed by atoms with Crippen LogP contribution < -0.4 is 5.32 Å². The number of aromatic nitrogens is 3. The van der Waals surface area contributed by atoms with E-state index < -0.39 is 10.0 Å². The number of benzene rings is 2. The lowest BCUT2D eigenvalue weighted by atomic mass is 10.1. The number of carbonyl (C=O) groups excluding carboxylic acids is 1. The van der Waals surface area contributed by atoms with Crippen LogP contribution in [-0.2, 0) is 16.6 Å². The zero-order chi connectivity index (χ0) is 21.0. The van der Waals surface area contributed by atoms with Crippen molar-refractivity contribution in [1.82, 2.24) is 24.6 Å². The van der Waals surface area contributed by atoms with Gasteiger partial charge in [-0.25, -0.2) is 8.42 Å². The van der Waals surface area contributed by atoms with E-state index in [2.05, 4.69) is 15.5 Å². The van der Waals surface area contributed by atoms with Crippen LogP contribution in [0.15, 0.2) is 71.9 Å². The van der Waals surface area contributed by atoms with Crippen molar-refractivity contribution < 1.29 is 13.2 Å². The van der Waals surface area contributed by atoms with Crippen molar-refractivity contribution in [3.05, 3.63) is 78.1 Å². The van der Waals surface area contributed by atoms with Crippen molar-refractivity contribution >= 4 is 15.9 Å². The van der Waals surface area contributed by atoms with E-state index in [1.54, 1.807) is 24.5 Å². The molecule has 8 nitrogen and oxygen atoms in total. The first-order valence-corrected chi connectivity index (χ1v) is 11.3. The van der Waals surface area contributed by atoms with Gasteiger partial charge in [-0.1, -0.05) is 30.3 Å². The highest BCUT2D eigenvalue weighted by Crippen LogP contribution is 2.21. The Kier molecular flexibility index (Phi) is 5.91. The van der Waals surface area contributed by atoms with Crippen LogP contribution in [0.3, 0.4) is 0 Å². The van der Waals surface area contributed by atoms with Gasteiger partial charge in [0.05, 0.1) is 29.9 Å². The van der Waals surface area contributed by atoms with Crippen LogP contribution in [0.4, 0.5) is 0 Å². The van der Waals surface area contributed by atoms with Gasteiger partial charge in [-0.3, -0.25) is 4.79 Å². The van der Waals surface area contributed by atoms with Gasteiger partial charge in [-0.05, 0) is 42.7 Å². The fraction of sp³-hybridized carbons (Fsp3) is 0.286. The molecule has 0 saturated carbocycles. The van der Waals surface area contributed by atoms with Crippen molar-refractivity contribution in [2.75, 3.05) is 13.1 Å². The molecule has 0 bridgehead atoms. The normalized spacial score (nSPS) is 15.7. The number of hydrogen-bond acceptors (Lipinski definition) is 5. The molecular weight excluding hydrogens is 402 g/mol. The summed E-state index contributed by atoms with van der Waals surface area (Å²) >= 11 is 0. The molecule has 1 atom stereocenters. The summed E-state index contributed by atoms with van der Waals surface area (Å²) in [6, 6.07) is 15.3. The Bertz CT molecular complexity index is 1080. The average molecular weight is 426 g/mol. The summed E-state index contributed by atoms with van der Waals surface area (Å²) in [5.74, 6) is -0.291. The first-order valence-electron chi connectivity index (χ1n) is 9.84. The SMILES string of the molecule is O=C(NC(Cn1nccn1)c1ccccc1)c1ccc(S(=O)(=O)N2CCCC2)cc1. The summed E-state index contributed by atoms with van der Waals surface area (Å²) in [5.41, 5.74) is 1.32. The first kappa shape index (κ1) is 20.2. The molecule has 2 heterocycles. The lowest BCUT2D eigenvalue weighted by Crippen LogP contribution is -2.32. The largest absolute Gasteiger partial charge is 0.343 e. The third-order valence-electron chi connectivity index (χ3n) is 5.14. The fourth-order valence-electron chi connectivity index (χ4n) is 3.52. The number of carbonyl (C=O) groups is 1. The van der Waals surface area contributed by atoms with Gasteiger partial charge in [0.2, 0.25) is 10.0 Å². The lowest BCUT2D eigenvalue weighted by Gasteiger charge is -2.19. The zero-order valence-corrected chi connectivity index (χ0v) is 17.2. The Hall–Kier alpha value is -3.04. The van der Waals surface area contributed by atoms with E-state index in [1.807, 2.05) is 30.3 Å². The van der Waals surface area contributed by atoms with Gasteiger partial charge in [0.15, 0.2) is 0 Å². The quantitative estimate of drug-likeness (QED) is 0.626. The minimum absolute atomic E-state index is 0.210. The molecule has 1 aromatic heterocycles. The molecule has 1 N–H and O–H groups in total. The summed E-state index contributed by atoms with van der Waals surface area (Å²) in [6.07, 6.45) is 4.93. The predicted molar refractivity (Wildman–Crippen MR) is 111 cm³/mol. The van der Waals surface area contributed by atoms with Gasteiger partial charge in [-0.2, -0.15) is 19.3 Å². The number of amides is 1. The smallest absolute Gasteiger partial charge is 0.251 e. The van der Waals surface area contributed by atoms with Crippen molar-refractivity contribution in [3.8, 4) is 0 Å². The molecule has 1 amide bonds. The molecule has 0 spiro atoms. The molecule has 1 fully saturated rings. The standard InChI is InChI=1S/C21H23N5O3S/c27-21(18-8-10-19(11-9-18)30(28,29)25-14-4-5-15-25)24-20(16-26-22-12-13-23-26)17-6-2-1-3-7-17/h1-3,6-13,20H,4-5,14-16H2,(H,24,27). The van der Waals surface area contributed by atoms with Crippen molar-refractivity contribution in [2.24, 2.45) is 0 Å².